The Morgan fingerprint density at radius 2 is 1.79 bits per heavy atom. The lowest BCUT2D eigenvalue weighted by molar-refractivity contribution is -0.0531. The van der Waals surface area contributed by atoms with Crippen molar-refractivity contribution in [3.8, 4) is 0 Å². The van der Waals surface area contributed by atoms with E-state index in [0.29, 0.717) is 11.5 Å². The van der Waals surface area contributed by atoms with Gasteiger partial charge in [-0.3, -0.25) is 0 Å². The summed E-state index contributed by atoms with van der Waals surface area (Å²) >= 11 is 0. The minimum atomic E-state index is 0.474. The van der Waals surface area contributed by atoms with E-state index in [9.17, 15) is 0 Å². The molecule has 4 bridgehead atoms. The van der Waals surface area contributed by atoms with Crippen LogP contribution in [0.25, 0.3) is 0 Å². The Morgan fingerprint density at radius 1 is 1.16 bits per heavy atom. The first-order chi connectivity index (χ1) is 9.22. The first-order valence-corrected chi connectivity index (χ1v) is 8.20. The average Bonchev–Trinajstić information content (AvgIpc) is 2.36. The fourth-order valence-electron chi connectivity index (χ4n) is 5.72. The molecule has 4 saturated carbocycles. The van der Waals surface area contributed by atoms with E-state index in [2.05, 4.69) is 18.3 Å². The van der Waals surface area contributed by atoms with Gasteiger partial charge in [0.1, 0.15) is 0 Å². The Hall–Kier alpha value is -0.340. The van der Waals surface area contributed by atoms with Crippen LogP contribution < -0.4 is 5.32 Å². The highest BCUT2D eigenvalue weighted by molar-refractivity contribution is 5.11. The van der Waals surface area contributed by atoms with Gasteiger partial charge in [0.25, 0.3) is 0 Å². The van der Waals surface area contributed by atoms with E-state index in [-0.39, 0.29) is 0 Å². The van der Waals surface area contributed by atoms with Crippen LogP contribution in [0.3, 0.4) is 0 Å². The molecule has 19 heavy (non-hydrogen) atoms. The number of hydrogen-bond acceptors (Lipinski definition) is 2. The Kier molecular flexibility index (Phi) is 3.00. The zero-order valence-corrected chi connectivity index (χ0v) is 12.2. The summed E-state index contributed by atoms with van der Waals surface area (Å²) in [5, 5.41) is 3.84. The zero-order chi connectivity index (χ0) is 12.9. The zero-order valence-electron chi connectivity index (χ0n) is 12.2. The molecule has 1 N–H and O–H groups in total. The van der Waals surface area contributed by atoms with Crippen LogP contribution in [0, 0.1) is 23.2 Å². The van der Waals surface area contributed by atoms with Crippen molar-refractivity contribution in [2.45, 2.75) is 51.5 Å². The van der Waals surface area contributed by atoms with Crippen molar-refractivity contribution in [1.82, 2.24) is 5.32 Å². The molecular weight excluding hydrogens is 234 g/mol. The molecule has 4 fully saturated rings. The van der Waals surface area contributed by atoms with E-state index in [1.165, 1.54) is 31.4 Å². The van der Waals surface area contributed by atoms with Gasteiger partial charge >= 0.3 is 0 Å². The fraction of sp³-hybridized carbons (Fsp3) is 0.882. The molecule has 0 amide bonds. The predicted molar refractivity (Wildman–Crippen MR) is 77.0 cm³/mol. The molecule has 1 atom stereocenters. The quantitative estimate of drug-likeness (QED) is 0.788. The first-order valence-electron chi connectivity index (χ1n) is 8.20. The molecule has 0 radical (unpaired) electrons. The van der Waals surface area contributed by atoms with Gasteiger partial charge in [0, 0.05) is 6.54 Å². The highest BCUT2D eigenvalue weighted by atomic mass is 16.5. The van der Waals surface area contributed by atoms with Gasteiger partial charge in [-0.2, -0.15) is 0 Å². The predicted octanol–water partition coefficient (Wildman–Crippen LogP) is 3.14. The lowest BCUT2D eigenvalue weighted by atomic mass is 9.49. The number of ether oxygens (including phenoxy) is 1. The highest BCUT2D eigenvalue weighted by Crippen LogP contribution is 2.59. The standard InChI is InChI=1S/C17H27NO/c1-12-2-3-19-10-16(12)18-11-17-7-13-4-14(8-17)6-15(5-13)9-17/h2,13-16,18H,3-11H2,1H3. The molecule has 2 nitrogen and oxygen atoms in total. The Bertz CT molecular complexity index is 351. The van der Waals surface area contributed by atoms with E-state index < -0.39 is 0 Å². The Labute approximate surface area is 117 Å². The summed E-state index contributed by atoms with van der Waals surface area (Å²) in [6.45, 7) is 5.16. The van der Waals surface area contributed by atoms with E-state index in [1.807, 2.05) is 0 Å². The molecule has 0 spiro atoms. The van der Waals surface area contributed by atoms with Crippen molar-refractivity contribution in [2.24, 2.45) is 23.2 Å². The van der Waals surface area contributed by atoms with Gasteiger partial charge in [0.05, 0.1) is 19.3 Å². The largest absolute Gasteiger partial charge is 0.375 e. The van der Waals surface area contributed by atoms with Crippen LogP contribution in [0.5, 0.6) is 0 Å². The van der Waals surface area contributed by atoms with Crippen molar-refractivity contribution in [2.75, 3.05) is 19.8 Å². The third-order valence-electron chi connectivity index (χ3n) is 6.25. The van der Waals surface area contributed by atoms with Crippen molar-refractivity contribution < 1.29 is 4.74 Å². The third-order valence-corrected chi connectivity index (χ3v) is 6.25. The summed E-state index contributed by atoms with van der Waals surface area (Å²) in [4.78, 5) is 0. The lowest BCUT2D eigenvalue weighted by Crippen LogP contribution is -2.52. The van der Waals surface area contributed by atoms with Gasteiger partial charge in [-0.1, -0.05) is 11.6 Å². The summed E-state index contributed by atoms with van der Waals surface area (Å²) < 4.78 is 5.59. The second-order valence-electron chi connectivity index (χ2n) is 7.84. The second kappa shape index (κ2) is 4.60. The molecule has 0 aromatic heterocycles. The summed E-state index contributed by atoms with van der Waals surface area (Å²) in [6, 6.07) is 0.474. The minimum Gasteiger partial charge on any atom is -0.375 e. The van der Waals surface area contributed by atoms with E-state index in [0.717, 1.165) is 31.0 Å². The van der Waals surface area contributed by atoms with E-state index >= 15 is 0 Å². The molecule has 106 valence electrons. The molecule has 4 aliphatic carbocycles. The second-order valence-corrected chi connectivity index (χ2v) is 7.84. The Morgan fingerprint density at radius 3 is 2.37 bits per heavy atom. The molecule has 0 aromatic rings. The molecule has 1 heterocycles. The Balaban J connectivity index is 1.42. The number of rotatable bonds is 3. The maximum atomic E-state index is 5.59. The molecule has 0 saturated heterocycles. The van der Waals surface area contributed by atoms with E-state index in [4.69, 9.17) is 4.74 Å². The van der Waals surface area contributed by atoms with Gasteiger partial charge < -0.3 is 10.1 Å². The third kappa shape index (κ3) is 2.27. The lowest BCUT2D eigenvalue weighted by Gasteiger charge is -2.57. The molecule has 1 aliphatic heterocycles. The van der Waals surface area contributed by atoms with Gasteiger partial charge in [-0.15, -0.1) is 0 Å². The van der Waals surface area contributed by atoms with Crippen LogP contribution >= 0.6 is 0 Å². The van der Waals surface area contributed by atoms with E-state index in [1.54, 1.807) is 19.3 Å². The minimum absolute atomic E-state index is 0.474. The van der Waals surface area contributed by atoms with Crippen LogP contribution in [0.15, 0.2) is 11.6 Å². The van der Waals surface area contributed by atoms with Crippen LogP contribution in [0.4, 0.5) is 0 Å². The van der Waals surface area contributed by atoms with Gasteiger partial charge in [-0.05, 0) is 68.6 Å². The molecule has 5 rings (SSSR count). The normalized spacial score (nSPS) is 48.4. The van der Waals surface area contributed by atoms with Crippen LogP contribution in [0.2, 0.25) is 0 Å². The fourth-order valence-corrected chi connectivity index (χ4v) is 5.72. The van der Waals surface area contributed by atoms with Crippen LogP contribution in [0.1, 0.15) is 45.4 Å². The molecule has 0 aromatic carbocycles. The molecule has 1 unspecified atom stereocenters. The van der Waals surface area contributed by atoms with Crippen molar-refractivity contribution in [1.29, 1.82) is 0 Å². The van der Waals surface area contributed by atoms with Gasteiger partial charge in [0.2, 0.25) is 0 Å². The summed E-state index contributed by atoms with van der Waals surface area (Å²) in [7, 11) is 0. The smallest absolute Gasteiger partial charge is 0.0662 e. The average molecular weight is 261 g/mol. The summed E-state index contributed by atoms with van der Waals surface area (Å²) in [6.07, 6.45) is 11.4. The van der Waals surface area contributed by atoms with Crippen LogP contribution in [-0.4, -0.2) is 25.8 Å². The summed E-state index contributed by atoms with van der Waals surface area (Å²) in [5.41, 5.74) is 2.13. The molecule has 5 aliphatic rings. The number of hydrogen-bond donors (Lipinski definition) is 1. The van der Waals surface area contributed by atoms with Crippen molar-refractivity contribution in [3.05, 3.63) is 11.6 Å². The topological polar surface area (TPSA) is 21.3 Å². The monoisotopic (exact) mass is 261 g/mol. The number of nitrogens with one attached hydrogen (secondary N) is 1. The van der Waals surface area contributed by atoms with Gasteiger partial charge in [0.15, 0.2) is 0 Å². The SMILES string of the molecule is CC1=CCOCC1NCC12CC3CC(CC(C3)C1)C2. The maximum Gasteiger partial charge on any atom is 0.0662 e. The summed E-state index contributed by atoms with van der Waals surface area (Å²) in [5.74, 6) is 3.19. The highest BCUT2D eigenvalue weighted by Gasteiger charge is 2.50. The first kappa shape index (κ1) is 12.4. The molecular formula is C17H27NO. The molecule has 2 heteroatoms. The van der Waals surface area contributed by atoms with Crippen molar-refractivity contribution in [3.63, 3.8) is 0 Å². The van der Waals surface area contributed by atoms with Gasteiger partial charge in [-0.25, -0.2) is 0 Å². The maximum absolute atomic E-state index is 5.59. The van der Waals surface area contributed by atoms with Crippen LogP contribution in [-0.2, 0) is 4.74 Å². The van der Waals surface area contributed by atoms with Crippen molar-refractivity contribution >= 4 is 0 Å².